The highest BCUT2D eigenvalue weighted by molar-refractivity contribution is 9.10. The molecule has 1 fully saturated rings. The van der Waals surface area contributed by atoms with Crippen LogP contribution in [0.5, 0.6) is 0 Å². The molecule has 1 aromatic heterocycles. The molecule has 0 amide bonds. The molecule has 0 aromatic carbocycles. The smallest absolute Gasteiger partial charge is 0.381 e. The van der Waals surface area contributed by atoms with Gasteiger partial charge in [-0.2, -0.15) is 13.2 Å². The number of nitrogens with zero attached hydrogens (tertiary/aromatic N) is 1. The number of aromatic nitrogens is 1. The molecule has 0 aliphatic carbocycles. The van der Waals surface area contributed by atoms with Crippen molar-refractivity contribution in [3.8, 4) is 0 Å². The Bertz CT molecular complexity index is 419. The number of hydrogen-bond donors (Lipinski definition) is 1. The quantitative estimate of drug-likeness (QED) is 0.926. The molecule has 100 valence electrons. The van der Waals surface area contributed by atoms with E-state index in [1.54, 1.807) is 0 Å². The first-order valence-corrected chi connectivity index (χ1v) is 6.30. The molecule has 3 nitrogen and oxygen atoms in total. The Morgan fingerprint density at radius 3 is 2.89 bits per heavy atom. The summed E-state index contributed by atoms with van der Waals surface area (Å²) in [7, 11) is 0. The maximum atomic E-state index is 12.8. The van der Waals surface area contributed by atoms with Crippen molar-refractivity contribution in [1.82, 2.24) is 4.98 Å². The molecule has 1 unspecified atom stereocenters. The number of anilines is 1. The van der Waals surface area contributed by atoms with Crippen molar-refractivity contribution in [3.05, 3.63) is 22.3 Å². The molecular weight excluding hydrogens is 313 g/mol. The Morgan fingerprint density at radius 1 is 1.50 bits per heavy atom. The van der Waals surface area contributed by atoms with E-state index in [2.05, 4.69) is 26.2 Å². The third-order valence-electron chi connectivity index (χ3n) is 2.74. The molecule has 2 heterocycles. The fourth-order valence-corrected chi connectivity index (χ4v) is 2.11. The molecular formula is C11H12BrF3N2O. The summed E-state index contributed by atoms with van der Waals surface area (Å²) < 4.78 is 43.9. The van der Waals surface area contributed by atoms with Gasteiger partial charge < -0.3 is 10.1 Å². The second kappa shape index (κ2) is 5.44. The van der Waals surface area contributed by atoms with Gasteiger partial charge in [-0.25, -0.2) is 4.98 Å². The molecule has 7 heteroatoms. The van der Waals surface area contributed by atoms with Crippen molar-refractivity contribution in [1.29, 1.82) is 0 Å². The molecule has 0 saturated carbocycles. The van der Waals surface area contributed by atoms with E-state index in [-0.39, 0.29) is 11.7 Å². The van der Waals surface area contributed by atoms with Gasteiger partial charge in [0.2, 0.25) is 0 Å². The lowest BCUT2D eigenvalue weighted by molar-refractivity contribution is -0.137. The molecule has 1 saturated heterocycles. The lowest BCUT2D eigenvalue weighted by Crippen LogP contribution is -2.18. The van der Waals surface area contributed by atoms with Gasteiger partial charge in [0.15, 0.2) is 0 Å². The van der Waals surface area contributed by atoms with Gasteiger partial charge in [-0.1, -0.05) is 0 Å². The van der Waals surface area contributed by atoms with Crippen molar-refractivity contribution in [2.24, 2.45) is 5.92 Å². The van der Waals surface area contributed by atoms with Crippen LogP contribution in [0.25, 0.3) is 0 Å². The number of alkyl halides is 3. The van der Waals surface area contributed by atoms with Gasteiger partial charge >= 0.3 is 6.18 Å². The maximum Gasteiger partial charge on any atom is 0.419 e. The van der Waals surface area contributed by atoms with E-state index >= 15 is 0 Å². The summed E-state index contributed by atoms with van der Waals surface area (Å²) in [5.41, 5.74) is -0.754. The predicted molar refractivity (Wildman–Crippen MR) is 64.4 cm³/mol. The van der Waals surface area contributed by atoms with Gasteiger partial charge in [-0.15, -0.1) is 0 Å². The van der Waals surface area contributed by atoms with Crippen LogP contribution in [0.2, 0.25) is 0 Å². The second-order valence-electron chi connectivity index (χ2n) is 4.16. The molecule has 1 aliphatic heterocycles. The van der Waals surface area contributed by atoms with Gasteiger partial charge in [-0.3, -0.25) is 0 Å². The highest BCUT2D eigenvalue weighted by Crippen LogP contribution is 2.35. The number of hydrogen-bond acceptors (Lipinski definition) is 3. The summed E-state index contributed by atoms with van der Waals surface area (Å²) in [6.45, 7) is 1.70. The maximum absolute atomic E-state index is 12.8. The minimum atomic E-state index is -4.41. The summed E-state index contributed by atoms with van der Waals surface area (Å²) in [5, 5.41) is 2.76. The lowest BCUT2D eigenvalue weighted by Gasteiger charge is -2.15. The lowest BCUT2D eigenvalue weighted by atomic mass is 10.1. The molecule has 2 rings (SSSR count). The topological polar surface area (TPSA) is 34.2 Å². The molecule has 0 radical (unpaired) electrons. The molecule has 1 atom stereocenters. The van der Waals surface area contributed by atoms with Crippen LogP contribution < -0.4 is 5.32 Å². The van der Waals surface area contributed by atoms with Crippen LogP contribution in [0, 0.1) is 5.92 Å². The third-order valence-corrected chi connectivity index (χ3v) is 3.18. The van der Waals surface area contributed by atoms with E-state index < -0.39 is 11.7 Å². The zero-order valence-electron chi connectivity index (χ0n) is 9.43. The van der Waals surface area contributed by atoms with Gasteiger partial charge in [0.25, 0.3) is 0 Å². The van der Waals surface area contributed by atoms with E-state index in [1.807, 2.05) is 0 Å². The van der Waals surface area contributed by atoms with Gasteiger partial charge in [0.05, 0.1) is 12.2 Å². The highest BCUT2D eigenvalue weighted by atomic mass is 79.9. The number of rotatable bonds is 3. The predicted octanol–water partition coefficient (Wildman–Crippen LogP) is 3.31. The Balaban J connectivity index is 2.11. The van der Waals surface area contributed by atoms with Crippen LogP contribution >= 0.6 is 15.9 Å². The molecule has 0 bridgehead atoms. The average Bonchev–Trinajstić information content (AvgIpc) is 2.79. The van der Waals surface area contributed by atoms with Gasteiger partial charge in [0.1, 0.15) is 5.82 Å². The first kappa shape index (κ1) is 13.6. The van der Waals surface area contributed by atoms with E-state index in [0.717, 1.165) is 12.5 Å². The van der Waals surface area contributed by atoms with E-state index in [0.29, 0.717) is 24.2 Å². The number of halogens is 4. The number of ether oxygens (including phenoxy) is 1. The SMILES string of the molecule is FC(F)(F)c1cc(Br)cnc1NCC1CCOC1. The number of pyridine rings is 1. The summed E-state index contributed by atoms with van der Waals surface area (Å²) in [6, 6.07) is 1.03. The van der Waals surface area contributed by atoms with Crippen LogP contribution in [0.4, 0.5) is 19.0 Å². The molecule has 1 aliphatic rings. The third kappa shape index (κ3) is 3.35. The largest absolute Gasteiger partial charge is 0.419 e. The van der Waals surface area contributed by atoms with Crippen LogP contribution in [0.3, 0.4) is 0 Å². The van der Waals surface area contributed by atoms with Crippen LogP contribution in [0.1, 0.15) is 12.0 Å². The van der Waals surface area contributed by atoms with Crippen LogP contribution in [-0.2, 0) is 10.9 Å². The van der Waals surface area contributed by atoms with Crippen molar-refractivity contribution in [3.63, 3.8) is 0 Å². The standard InChI is InChI=1S/C11H12BrF3N2O/c12-8-3-9(11(13,14)15)10(17-5-8)16-4-7-1-2-18-6-7/h3,5,7H,1-2,4,6H2,(H,16,17). The van der Waals surface area contributed by atoms with E-state index in [4.69, 9.17) is 4.74 Å². The first-order chi connectivity index (χ1) is 8.47. The Labute approximate surface area is 111 Å². The minimum Gasteiger partial charge on any atom is -0.381 e. The normalized spacial score (nSPS) is 20.1. The van der Waals surface area contributed by atoms with Crippen molar-refractivity contribution in [2.75, 3.05) is 25.1 Å². The van der Waals surface area contributed by atoms with Crippen molar-refractivity contribution in [2.45, 2.75) is 12.6 Å². The summed E-state index contributed by atoms with van der Waals surface area (Å²) in [5.74, 6) is 0.120. The number of nitrogens with one attached hydrogen (secondary N) is 1. The molecule has 0 spiro atoms. The Kier molecular flexibility index (Phi) is 4.11. The monoisotopic (exact) mass is 324 g/mol. The fourth-order valence-electron chi connectivity index (χ4n) is 1.78. The highest BCUT2D eigenvalue weighted by Gasteiger charge is 2.34. The zero-order valence-corrected chi connectivity index (χ0v) is 11.0. The van der Waals surface area contributed by atoms with Crippen LogP contribution in [0.15, 0.2) is 16.7 Å². The first-order valence-electron chi connectivity index (χ1n) is 5.51. The van der Waals surface area contributed by atoms with Crippen molar-refractivity contribution < 1.29 is 17.9 Å². The summed E-state index contributed by atoms with van der Waals surface area (Å²) >= 11 is 3.00. The van der Waals surface area contributed by atoms with E-state index in [9.17, 15) is 13.2 Å². The van der Waals surface area contributed by atoms with Crippen LogP contribution in [-0.4, -0.2) is 24.7 Å². The second-order valence-corrected chi connectivity index (χ2v) is 5.07. The molecule has 1 aromatic rings. The van der Waals surface area contributed by atoms with Crippen molar-refractivity contribution >= 4 is 21.7 Å². The summed E-state index contributed by atoms with van der Waals surface area (Å²) in [6.07, 6.45) is -2.20. The van der Waals surface area contributed by atoms with E-state index in [1.165, 1.54) is 6.20 Å². The summed E-state index contributed by atoms with van der Waals surface area (Å²) in [4.78, 5) is 3.79. The fraction of sp³-hybridized carbons (Fsp3) is 0.545. The average molecular weight is 325 g/mol. The molecule has 18 heavy (non-hydrogen) atoms. The van der Waals surface area contributed by atoms with Gasteiger partial charge in [-0.05, 0) is 28.4 Å². The zero-order chi connectivity index (χ0) is 13.2. The Hall–Kier alpha value is -0.820. The Morgan fingerprint density at radius 2 is 2.28 bits per heavy atom. The minimum absolute atomic E-state index is 0.127. The van der Waals surface area contributed by atoms with Gasteiger partial charge in [0, 0.05) is 29.7 Å². The molecule has 1 N–H and O–H groups in total.